The predicted molar refractivity (Wildman–Crippen MR) is 98.7 cm³/mol. The van der Waals surface area contributed by atoms with Crippen LogP contribution in [0.3, 0.4) is 0 Å². The molecule has 0 saturated carbocycles. The van der Waals surface area contributed by atoms with Crippen LogP contribution < -0.4 is 4.74 Å². The number of amides is 1. The van der Waals surface area contributed by atoms with Crippen LogP contribution in [-0.4, -0.2) is 68.1 Å². The molecule has 0 atom stereocenters. The van der Waals surface area contributed by atoms with Crippen LogP contribution in [0.25, 0.3) is 0 Å². The van der Waals surface area contributed by atoms with Gasteiger partial charge < -0.3 is 19.3 Å². The Kier molecular flexibility index (Phi) is 7.70. The third-order valence-corrected chi connectivity index (χ3v) is 3.23. The fourth-order valence-electron chi connectivity index (χ4n) is 1.86. The van der Waals surface area contributed by atoms with Gasteiger partial charge in [0.15, 0.2) is 6.29 Å². The highest BCUT2D eigenvalue weighted by atomic mass is 35.5. The van der Waals surface area contributed by atoms with Crippen LogP contribution in [0.4, 0.5) is 4.79 Å². The summed E-state index contributed by atoms with van der Waals surface area (Å²) in [5.41, 5.74) is -0.0747. The molecule has 0 spiro atoms. The molecule has 0 bridgehead atoms. The molecule has 140 valence electrons. The molecule has 0 radical (unpaired) electrons. The van der Waals surface area contributed by atoms with Crippen LogP contribution in [0.15, 0.2) is 18.2 Å². The van der Waals surface area contributed by atoms with Gasteiger partial charge in [-0.1, -0.05) is 11.6 Å². The van der Waals surface area contributed by atoms with E-state index in [1.165, 1.54) is 0 Å². The topological polar surface area (TPSA) is 59.1 Å². The summed E-state index contributed by atoms with van der Waals surface area (Å²) in [5.74, 6) is 0.583. The summed E-state index contributed by atoms with van der Waals surface area (Å²) in [7, 11) is 6.00. The molecule has 6 nitrogen and oxygen atoms in total. The maximum absolute atomic E-state index is 11.8. The molecular weight excluding hydrogens is 344 g/mol. The van der Waals surface area contributed by atoms with Gasteiger partial charge >= 0.3 is 6.09 Å². The number of halogens is 1. The zero-order chi connectivity index (χ0) is 19.2. The Labute approximate surface area is 154 Å². The molecule has 1 aromatic carbocycles. The maximum atomic E-state index is 11.8. The molecule has 1 fully saturated rings. The lowest BCUT2D eigenvalue weighted by Gasteiger charge is -2.39. The molecule has 2 rings (SSSR count). The average Bonchev–Trinajstić information content (AvgIpc) is 2.39. The second kappa shape index (κ2) is 9.06. The van der Waals surface area contributed by atoms with Gasteiger partial charge in [0, 0.05) is 5.56 Å². The van der Waals surface area contributed by atoms with Crippen molar-refractivity contribution in [2.24, 2.45) is 0 Å². The molecule has 1 amide bonds. The van der Waals surface area contributed by atoms with Crippen LogP contribution in [0, 0.1) is 0 Å². The van der Waals surface area contributed by atoms with Gasteiger partial charge in [-0.3, -0.25) is 4.79 Å². The van der Waals surface area contributed by atoms with Crippen molar-refractivity contribution < 1.29 is 19.1 Å². The Morgan fingerprint density at radius 3 is 2.28 bits per heavy atom. The lowest BCUT2D eigenvalue weighted by Crippen LogP contribution is -2.57. The first-order valence-corrected chi connectivity index (χ1v) is 8.40. The van der Waals surface area contributed by atoms with E-state index >= 15 is 0 Å². The molecule has 0 aliphatic carbocycles. The highest BCUT2D eigenvalue weighted by molar-refractivity contribution is 6.33. The molecule has 1 saturated heterocycles. The quantitative estimate of drug-likeness (QED) is 0.764. The molecule has 0 N–H and O–H groups in total. The number of likely N-dealkylation sites (tertiary alicyclic amines) is 1. The van der Waals surface area contributed by atoms with Gasteiger partial charge in [-0.05, 0) is 60.1 Å². The predicted octanol–water partition coefficient (Wildman–Crippen LogP) is 3.33. The van der Waals surface area contributed by atoms with E-state index in [4.69, 9.17) is 21.1 Å². The normalized spacial score (nSPS) is 14.3. The first-order chi connectivity index (χ1) is 11.5. The average molecular weight is 371 g/mol. The van der Waals surface area contributed by atoms with Gasteiger partial charge in [0.25, 0.3) is 0 Å². The van der Waals surface area contributed by atoms with Crippen LogP contribution in [0.1, 0.15) is 31.1 Å². The van der Waals surface area contributed by atoms with Crippen molar-refractivity contribution in [1.82, 2.24) is 9.80 Å². The molecule has 0 aromatic heterocycles. The second-order valence-electron chi connectivity index (χ2n) is 7.27. The minimum atomic E-state index is -0.499. The smallest absolute Gasteiger partial charge is 0.410 e. The Balaban J connectivity index is 0.000000705. The monoisotopic (exact) mass is 370 g/mol. The first kappa shape index (κ1) is 21.3. The first-order valence-electron chi connectivity index (χ1n) is 8.02. The Hall–Kier alpha value is -1.79. The number of hydrogen-bond donors (Lipinski definition) is 0. The zero-order valence-electron chi connectivity index (χ0n) is 15.7. The van der Waals surface area contributed by atoms with E-state index in [1.807, 2.05) is 46.8 Å². The summed E-state index contributed by atoms with van der Waals surface area (Å²) < 4.78 is 11.0. The number of carbonyl (C=O) groups is 2. The van der Waals surface area contributed by atoms with E-state index in [0.29, 0.717) is 35.7 Å². The van der Waals surface area contributed by atoms with Crippen molar-refractivity contribution in [3.05, 3.63) is 28.8 Å². The molecular formula is C18H27ClN2O4. The van der Waals surface area contributed by atoms with E-state index in [0.717, 1.165) is 0 Å². The number of nitrogens with zero attached hydrogens (tertiary/aromatic N) is 2. The van der Waals surface area contributed by atoms with E-state index in [-0.39, 0.29) is 12.2 Å². The summed E-state index contributed by atoms with van der Waals surface area (Å²) in [4.78, 5) is 26.0. The van der Waals surface area contributed by atoms with Crippen molar-refractivity contribution in [3.8, 4) is 5.75 Å². The third kappa shape index (κ3) is 7.75. The SMILES string of the molecule is CC(C)(C)OC(=O)N1CC(Oc2ccc(C=O)c(Cl)c2)C1.CN(C)C. The summed E-state index contributed by atoms with van der Waals surface area (Å²) in [6.07, 6.45) is 0.270. The van der Waals surface area contributed by atoms with Crippen molar-refractivity contribution in [3.63, 3.8) is 0 Å². The fraction of sp³-hybridized carbons (Fsp3) is 0.556. The highest BCUT2D eigenvalue weighted by Crippen LogP contribution is 2.25. The second-order valence-corrected chi connectivity index (χ2v) is 7.68. The molecule has 0 unspecified atom stereocenters. The maximum Gasteiger partial charge on any atom is 0.410 e. The van der Waals surface area contributed by atoms with Crippen LogP contribution >= 0.6 is 11.6 Å². The van der Waals surface area contributed by atoms with Crippen LogP contribution in [0.5, 0.6) is 5.75 Å². The lowest BCUT2D eigenvalue weighted by molar-refractivity contribution is -0.0221. The van der Waals surface area contributed by atoms with Crippen LogP contribution in [0.2, 0.25) is 5.02 Å². The number of aldehydes is 1. The van der Waals surface area contributed by atoms with Gasteiger partial charge in [-0.15, -0.1) is 0 Å². The minimum Gasteiger partial charge on any atom is -0.487 e. The van der Waals surface area contributed by atoms with Crippen molar-refractivity contribution in [2.75, 3.05) is 34.2 Å². The van der Waals surface area contributed by atoms with Gasteiger partial charge in [0.2, 0.25) is 0 Å². The minimum absolute atomic E-state index is 0.0873. The molecule has 1 aromatic rings. The van der Waals surface area contributed by atoms with Gasteiger partial charge in [0.1, 0.15) is 17.5 Å². The van der Waals surface area contributed by atoms with E-state index in [1.54, 1.807) is 23.1 Å². The van der Waals surface area contributed by atoms with Crippen molar-refractivity contribution in [2.45, 2.75) is 32.5 Å². The Morgan fingerprint density at radius 2 is 1.84 bits per heavy atom. The third-order valence-electron chi connectivity index (χ3n) is 2.90. The zero-order valence-corrected chi connectivity index (χ0v) is 16.5. The standard InChI is InChI=1S/C15H18ClNO4.C3H9N/c1-15(2,3)21-14(19)17-7-12(8-17)20-11-5-4-10(9-18)13(16)6-11;1-4(2)3/h4-6,9,12H,7-8H2,1-3H3;1-3H3. The summed E-state index contributed by atoms with van der Waals surface area (Å²) in [5, 5.41) is 0.353. The van der Waals surface area contributed by atoms with Crippen molar-refractivity contribution >= 4 is 24.0 Å². The molecule has 1 aliphatic rings. The number of hydrogen-bond acceptors (Lipinski definition) is 5. The summed E-state index contributed by atoms with van der Waals surface area (Å²) in [6, 6.07) is 4.89. The van der Waals surface area contributed by atoms with Gasteiger partial charge in [-0.25, -0.2) is 4.79 Å². The Morgan fingerprint density at radius 1 is 1.28 bits per heavy atom. The Bertz CT molecular complexity index is 590. The summed E-state index contributed by atoms with van der Waals surface area (Å²) >= 11 is 5.93. The van der Waals surface area contributed by atoms with Crippen molar-refractivity contribution in [1.29, 1.82) is 0 Å². The largest absolute Gasteiger partial charge is 0.487 e. The van der Waals surface area contributed by atoms with E-state index in [9.17, 15) is 9.59 Å². The number of carbonyl (C=O) groups excluding carboxylic acids is 2. The van der Waals surface area contributed by atoms with E-state index < -0.39 is 5.60 Å². The number of benzene rings is 1. The highest BCUT2D eigenvalue weighted by Gasteiger charge is 2.35. The number of ether oxygens (including phenoxy) is 2. The summed E-state index contributed by atoms with van der Waals surface area (Å²) in [6.45, 7) is 6.43. The van der Waals surface area contributed by atoms with E-state index in [2.05, 4.69) is 0 Å². The van der Waals surface area contributed by atoms with Gasteiger partial charge in [0.05, 0.1) is 18.1 Å². The number of rotatable bonds is 3. The molecule has 1 heterocycles. The fourth-order valence-corrected chi connectivity index (χ4v) is 2.07. The van der Waals surface area contributed by atoms with Crippen LogP contribution in [-0.2, 0) is 4.74 Å². The van der Waals surface area contributed by atoms with Gasteiger partial charge in [-0.2, -0.15) is 0 Å². The lowest BCUT2D eigenvalue weighted by atomic mass is 10.1. The molecule has 1 aliphatic heterocycles. The molecule has 7 heteroatoms. The molecule has 25 heavy (non-hydrogen) atoms.